The molecule has 2 aromatic rings. The first-order valence-corrected chi connectivity index (χ1v) is 10.2. The van der Waals surface area contributed by atoms with Crippen molar-refractivity contribution in [3.05, 3.63) is 47.2 Å². The van der Waals surface area contributed by atoms with Crippen LogP contribution in [0.1, 0.15) is 52.3 Å². The van der Waals surface area contributed by atoms with Crippen molar-refractivity contribution in [1.82, 2.24) is 9.88 Å². The molecule has 138 valence electrons. The molecule has 0 N–H and O–H groups in total. The number of ketones is 1. The van der Waals surface area contributed by atoms with E-state index in [0.29, 0.717) is 36.9 Å². The van der Waals surface area contributed by atoms with Gasteiger partial charge in [0.25, 0.3) is 5.91 Å². The van der Waals surface area contributed by atoms with Gasteiger partial charge in [0.2, 0.25) is 5.76 Å². The van der Waals surface area contributed by atoms with Crippen LogP contribution in [0.25, 0.3) is 0 Å². The Hall–Kier alpha value is -2.08. The van der Waals surface area contributed by atoms with Gasteiger partial charge in [0.05, 0.1) is 5.69 Å². The summed E-state index contributed by atoms with van der Waals surface area (Å²) >= 11 is 1.57. The van der Waals surface area contributed by atoms with Crippen LogP contribution in [0, 0.1) is 12.8 Å². The highest BCUT2D eigenvalue weighted by atomic mass is 32.2. The maximum Gasteiger partial charge on any atom is 0.291 e. The number of piperidine rings is 1. The molecule has 0 bridgehead atoms. The number of carbonyl (C=O) groups is 2. The van der Waals surface area contributed by atoms with Crippen molar-refractivity contribution in [2.75, 3.05) is 19.3 Å². The highest BCUT2D eigenvalue weighted by Gasteiger charge is 2.32. The van der Waals surface area contributed by atoms with Gasteiger partial charge in [-0.25, -0.2) is 4.98 Å². The number of Topliss-reactive ketones (excluding diaryl/α,β-unsaturated/α-hetero) is 1. The van der Waals surface area contributed by atoms with Crippen molar-refractivity contribution in [3.8, 4) is 0 Å². The van der Waals surface area contributed by atoms with Crippen LogP contribution in [-0.4, -0.2) is 40.9 Å². The lowest BCUT2D eigenvalue weighted by Gasteiger charge is -2.31. The Bertz CT molecular complexity index is 815. The Labute approximate surface area is 158 Å². The number of benzene rings is 1. The van der Waals surface area contributed by atoms with E-state index in [1.807, 2.05) is 37.4 Å². The number of hydrogen-bond donors (Lipinski definition) is 0. The van der Waals surface area contributed by atoms with E-state index < -0.39 is 0 Å². The summed E-state index contributed by atoms with van der Waals surface area (Å²) in [7, 11) is 0. The predicted molar refractivity (Wildman–Crippen MR) is 102 cm³/mol. The van der Waals surface area contributed by atoms with Gasteiger partial charge < -0.3 is 9.32 Å². The third-order valence-electron chi connectivity index (χ3n) is 4.79. The average molecular weight is 372 g/mol. The van der Waals surface area contributed by atoms with Gasteiger partial charge in [-0.1, -0.05) is 25.1 Å². The fourth-order valence-corrected chi connectivity index (χ4v) is 3.99. The first-order chi connectivity index (χ1) is 12.5. The second-order valence-electron chi connectivity index (χ2n) is 6.53. The summed E-state index contributed by atoms with van der Waals surface area (Å²) in [5.74, 6) is 0.667. The number of aromatic nitrogens is 1. The van der Waals surface area contributed by atoms with E-state index in [1.165, 1.54) is 0 Å². The molecule has 1 atom stereocenters. The third kappa shape index (κ3) is 3.70. The number of carbonyl (C=O) groups excluding carboxylic acids is 2. The summed E-state index contributed by atoms with van der Waals surface area (Å²) in [6, 6.07) is 7.68. The summed E-state index contributed by atoms with van der Waals surface area (Å²) in [6.45, 7) is 4.81. The van der Waals surface area contributed by atoms with E-state index in [4.69, 9.17) is 4.42 Å². The van der Waals surface area contributed by atoms with Gasteiger partial charge in [-0.05, 0) is 32.1 Å². The second-order valence-corrected chi connectivity index (χ2v) is 7.38. The number of aryl methyl sites for hydroxylation is 2. The molecule has 0 aliphatic carbocycles. The average Bonchev–Trinajstić information content (AvgIpc) is 3.07. The van der Waals surface area contributed by atoms with Gasteiger partial charge in [0, 0.05) is 35.9 Å². The minimum atomic E-state index is -0.171. The summed E-state index contributed by atoms with van der Waals surface area (Å²) in [5, 5.41) is 0. The molecule has 1 aliphatic rings. The van der Waals surface area contributed by atoms with E-state index >= 15 is 0 Å². The van der Waals surface area contributed by atoms with Gasteiger partial charge in [0.1, 0.15) is 0 Å². The molecule has 0 radical (unpaired) electrons. The van der Waals surface area contributed by atoms with Gasteiger partial charge in [-0.2, -0.15) is 0 Å². The maximum atomic E-state index is 13.0. The normalized spacial score (nSPS) is 17.3. The Morgan fingerprint density at radius 2 is 2.12 bits per heavy atom. The summed E-state index contributed by atoms with van der Waals surface area (Å²) in [5.41, 5.74) is 1.37. The number of likely N-dealkylation sites (tertiary alicyclic amines) is 1. The molecular formula is C20H24N2O3S. The molecule has 0 unspecified atom stereocenters. The van der Waals surface area contributed by atoms with Gasteiger partial charge in [0.15, 0.2) is 11.7 Å². The highest BCUT2D eigenvalue weighted by molar-refractivity contribution is 7.98. The number of hydrogen-bond acceptors (Lipinski definition) is 5. The zero-order valence-electron chi connectivity index (χ0n) is 15.4. The smallest absolute Gasteiger partial charge is 0.291 e. The predicted octanol–water partition coefficient (Wildman–Crippen LogP) is 4.00. The molecule has 5 nitrogen and oxygen atoms in total. The Balaban J connectivity index is 1.77. The molecular weight excluding hydrogens is 348 g/mol. The zero-order valence-corrected chi connectivity index (χ0v) is 16.3. The molecule has 1 aliphatic heterocycles. The lowest BCUT2D eigenvalue weighted by atomic mass is 9.90. The SMILES string of the molecule is CCc1nc(C)c(C(=O)N2CCC[C@H](C(=O)c3ccccc3SC)C2)o1. The highest BCUT2D eigenvalue weighted by Crippen LogP contribution is 2.27. The molecule has 2 heterocycles. The summed E-state index contributed by atoms with van der Waals surface area (Å²) < 4.78 is 5.60. The zero-order chi connectivity index (χ0) is 18.7. The van der Waals surface area contributed by atoms with Crippen molar-refractivity contribution in [2.24, 2.45) is 5.92 Å². The van der Waals surface area contributed by atoms with E-state index in [2.05, 4.69) is 4.98 Å². The van der Waals surface area contributed by atoms with E-state index in [0.717, 1.165) is 23.3 Å². The minimum absolute atomic E-state index is 0.121. The molecule has 1 amide bonds. The molecule has 26 heavy (non-hydrogen) atoms. The number of thioether (sulfide) groups is 1. The number of nitrogens with zero attached hydrogens (tertiary/aromatic N) is 2. The number of oxazole rings is 1. The molecule has 1 aromatic heterocycles. The van der Waals surface area contributed by atoms with Crippen molar-refractivity contribution < 1.29 is 14.0 Å². The standard InChI is InChI=1S/C20H24N2O3S/c1-4-17-21-13(2)19(25-17)20(24)22-11-7-8-14(12-22)18(23)15-9-5-6-10-16(15)26-3/h5-6,9-10,14H,4,7-8,11-12H2,1-3H3/t14-/m0/s1. The fraction of sp³-hybridized carbons (Fsp3) is 0.450. The van der Waals surface area contributed by atoms with Crippen LogP contribution in [0.15, 0.2) is 33.6 Å². The lowest BCUT2D eigenvalue weighted by Crippen LogP contribution is -2.42. The third-order valence-corrected chi connectivity index (χ3v) is 5.59. The number of amides is 1. The molecule has 6 heteroatoms. The monoisotopic (exact) mass is 372 g/mol. The molecule has 3 rings (SSSR count). The molecule has 1 aromatic carbocycles. The van der Waals surface area contributed by atoms with Crippen molar-refractivity contribution in [1.29, 1.82) is 0 Å². The Kier molecular flexibility index (Phi) is 5.81. The van der Waals surface area contributed by atoms with E-state index in [-0.39, 0.29) is 17.6 Å². The van der Waals surface area contributed by atoms with Gasteiger partial charge >= 0.3 is 0 Å². The first kappa shape index (κ1) is 18.7. The summed E-state index contributed by atoms with van der Waals surface area (Å²) in [6.07, 6.45) is 4.25. The molecule has 1 fully saturated rings. The second kappa shape index (κ2) is 8.08. The fourth-order valence-electron chi connectivity index (χ4n) is 3.39. The largest absolute Gasteiger partial charge is 0.435 e. The molecule has 1 saturated heterocycles. The first-order valence-electron chi connectivity index (χ1n) is 8.98. The quantitative estimate of drug-likeness (QED) is 0.586. The molecule has 0 spiro atoms. The Morgan fingerprint density at radius 1 is 1.35 bits per heavy atom. The van der Waals surface area contributed by atoms with Gasteiger partial charge in [-0.15, -0.1) is 11.8 Å². The van der Waals surface area contributed by atoms with E-state index in [9.17, 15) is 9.59 Å². The van der Waals surface area contributed by atoms with E-state index in [1.54, 1.807) is 23.6 Å². The summed E-state index contributed by atoms with van der Waals surface area (Å²) in [4.78, 5) is 32.9. The minimum Gasteiger partial charge on any atom is -0.435 e. The Morgan fingerprint density at radius 3 is 2.81 bits per heavy atom. The van der Waals surface area contributed by atoms with Crippen LogP contribution in [0.4, 0.5) is 0 Å². The van der Waals surface area contributed by atoms with Crippen LogP contribution >= 0.6 is 11.8 Å². The van der Waals surface area contributed by atoms with Crippen LogP contribution in [0.2, 0.25) is 0 Å². The van der Waals surface area contributed by atoms with Crippen LogP contribution in [0.3, 0.4) is 0 Å². The van der Waals surface area contributed by atoms with Crippen LogP contribution in [0.5, 0.6) is 0 Å². The lowest BCUT2D eigenvalue weighted by molar-refractivity contribution is 0.0607. The molecule has 0 saturated carbocycles. The van der Waals surface area contributed by atoms with Crippen molar-refractivity contribution >= 4 is 23.5 Å². The number of rotatable bonds is 5. The van der Waals surface area contributed by atoms with Gasteiger partial charge in [-0.3, -0.25) is 9.59 Å². The topological polar surface area (TPSA) is 63.4 Å². The van der Waals surface area contributed by atoms with Crippen molar-refractivity contribution in [3.63, 3.8) is 0 Å². The maximum absolute atomic E-state index is 13.0. The van der Waals surface area contributed by atoms with Crippen LogP contribution in [-0.2, 0) is 6.42 Å². The van der Waals surface area contributed by atoms with Crippen LogP contribution < -0.4 is 0 Å². The van der Waals surface area contributed by atoms with Crippen molar-refractivity contribution in [2.45, 2.75) is 38.0 Å².